The molecule has 1 heterocycles. The number of ketones is 1. The predicted molar refractivity (Wildman–Crippen MR) is 77.6 cm³/mol. The maximum atomic E-state index is 12.5. The highest BCUT2D eigenvalue weighted by Gasteiger charge is 2.25. The minimum Gasteiger partial charge on any atom is -0.488 e. The van der Waals surface area contributed by atoms with E-state index in [2.05, 4.69) is 10.8 Å². The number of carbonyl (C=O) groups excluding carboxylic acids is 2. The molecule has 0 fully saturated rings. The maximum absolute atomic E-state index is 12.5. The van der Waals surface area contributed by atoms with E-state index in [1.165, 1.54) is 12.7 Å². The quantitative estimate of drug-likeness (QED) is 0.618. The van der Waals surface area contributed by atoms with E-state index in [1.807, 2.05) is 6.08 Å². The van der Waals surface area contributed by atoms with Crippen LogP contribution in [0, 0.1) is 0 Å². The van der Waals surface area contributed by atoms with Crippen molar-refractivity contribution in [3.63, 3.8) is 0 Å². The number of methoxy groups -OCH3 is 1. The zero-order valence-electron chi connectivity index (χ0n) is 11.8. The molecule has 1 aromatic rings. The first-order valence-electron chi connectivity index (χ1n) is 6.98. The Morgan fingerprint density at radius 1 is 1.38 bits per heavy atom. The minimum atomic E-state index is -0.439. The highest BCUT2D eigenvalue weighted by molar-refractivity contribution is 6.12. The highest BCUT2D eigenvalue weighted by Crippen LogP contribution is 2.30. The molecular weight excluding hydrogens is 268 g/mol. The number of hydrogen-bond acceptors (Lipinski definition) is 4. The van der Waals surface area contributed by atoms with Crippen LogP contribution in [-0.4, -0.2) is 25.5 Å². The van der Waals surface area contributed by atoms with Crippen molar-refractivity contribution < 1.29 is 19.1 Å². The second kappa shape index (κ2) is 5.56. The minimum absolute atomic E-state index is 0.0273. The molecule has 0 saturated heterocycles. The summed E-state index contributed by atoms with van der Waals surface area (Å²) in [4.78, 5) is 24.0. The molecule has 4 nitrogen and oxygen atoms in total. The van der Waals surface area contributed by atoms with Crippen LogP contribution in [0.4, 0.5) is 0 Å². The summed E-state index contributed by atoms with van der Waals surface area (Å²) in [5.41, 5.74) is 2.76. The SMILES string of the molecule is COC(=O)c1ccc2c(c1)OCC(=CC1=CCCC1)C2=O. The summed E-state index contributed by atoms with van der Waals surface area (Å²) in [5, 5.41) is 0. The van der Waals surface area contributed by atoms with Crippen molar-refractivity contribution in [3.05, 3.63) is 52.6 Å². The summed E-state index contributed by atoms with van der Waals surface area (Å²) in [5.74, 6) is -0.0211. The van der Waals surface area contributed by atoms with Gasteiger partial charge in [0.05, 0.1) is 18.2 Å². The second-order valence-corrected chi connectivity index (χ2v) is 5.16. The van der Waals surface area contributed by atoms with E-state index in [1.54, 1.807) is 18.2 Å². The average Bonchev–Trinajstić information content (AvgIpc) is 3.02. The lowest BCUT2D eigenvalue weighted by molar-refractivity contribution is 0.0599. The van der Waals surface area contributed by atoms with Gasteiger partial charge in [-0.15, -0.1) is 0 Å². The molecule has 108 valence electrons. The molecule has 1 aliphatic heterocycles. The van der Waals surface area contributed by atoms with Gasteiger partial charge in [0.1, 0.15) is 12.4 Å². The van der Waals surface area contributed by atoms with Crippen molar-refractivity contribution in [2.75, 3.05) is 13.7 Å². The van der Waals surface area contributed by atoms with E-state index in [9.17, 15) is 9.59 Å². The van der Waals surface area contributed by atoms with Crippen molar-refractivity contribution in [1.29, 1.82) is 0 Å². The van der Waals surface area contributed by atoms with E-state index in [0.717, 1.165) is 19.3 Å². The topological polar surface area (TPSA) is 52.6 Å². The third-order valence-corrected chi connectivity index (χ3v) is 3.76. The van der Waals surface area contributed by atoms with Crippen LogP contribution in [0.5, 0.6) is 5.75 Å². The van der Waals surface area contributed by atoms with E-state index < -0.39 is 5.97 Å². The molecule has 1 aromatic carbocycles. The third-order valence-electron chi connectivity index (χ3n) is 3.76. The lowest BCUT2D eigenvalue weighted by Crippen LogP contribution is -2.20. The number of hydrogen-bond donors (Lipinski definition) is 0. The van der Waals surface area contributed by atoms with Gasteiger partial charge >= 0.3 is 5.97 Å². The molecule has 1 aliphatic carbocycles. The van der Waals surface area contributed by atoms with Gasteiger partial charge in [-0.2, -0.15) is 0 Å². The molecular formula is C17H16O4. The van der Waals surface area contributed by atoms with Crippen LogP contribution in [-0.2, 0) is 4.74 Å². The maximum Gasteiger partial charge on any atom is 0.337 e. The lowest BCUT2D eigenvalue weighted by atomic mass is 9.97. The van der Waals surface area contributed by atoms with E-state index >= 15 is 0 Å². The Bertz CT molecular complexity index is 667. The average molecular weight is 284 g/mol. The molecule has 0 N–H and O–H groups in total. The Balaban J connectivity index is 1.90. The molecule has 4 heteroatoms. The van der Waals surface area contributed by atoms with Crippen molar-refractivity contribution in [3.8, 4) is 5.75 Å². The normalized spacial score (nSPS) is 19.0. The van der Waals surface area contributed by atoms with Gasteiger partial charge in [0.25, 0.3) is 0 Å². The van der Waals surface area contributed by atoms with Crippen LogP contribution in [0.3, 0.4) is 0 Å². The van der Waals surface area contributed by atoms with E-state index in [-0.39, 0.29) is 12.4 Å². The van der Waals surface area contributed by atoms with Gasteiger partial charge in [-0.25, -0.2) is 4.79 Å². The Morgan fingerprint density at radius 2 is 2.24 bits per heavy atom. The first-order chi connectivity index (χ1) is 10.2. The molecule has 0 saturated carbocycles. The molecule has 21 heavy (non-hydrogen) atoms. The number of rotatable bonds is 2. The monoisotopic (exact) mass is 284 g/mol. The predicted octanol–water partition coefficient (Wildman–Crippen LogP) is 3.09. The summed E-state index contributed by atoms with van der Waals surface area (Å²) in [6.07, 6.45) is 7.34. The number of Topliss-reactive ketones (excluding diaryl/α,β-unsaturated/α-hetero) is 1. The molecule has 3 rings (SSSR count). The molecule has 2 aliphatic rings. The zero-order chi connectivity index (χ0) is 14.8. The van der Waals surface area contributed by atoms with Crippen LogP contribution in [0.25, 0.3) is 0 Å². The largest absolute Gasteiger partial charge is 0.488 e. The molecule has 0 radical (unpaired) electrons. The summed E-state index contributed by atoms with van der Waals surface area (Å²) in [6.45, 7) is 0.244. The van der Waals surface area contributed by atoms with Gasteiger partial charge < -0.3 is 9.47 Å². The van der Waals surface area contributed by atoms with E-state index in [0.29, 0.717) is 22.4 Å². The molecule has 0 aromatic heterocycles. The fourth-order valence-corrected chi connectivity index (χ4v) is 2.63. The Hall–Kier alpha value is -2.36. The third kappa shape index (κ3) is 2.61. The second-order valence-electron chi connectivity index (χ2n) is 5.16. The lowest BCUT2D eigenvalue weighted by Gasteiger charge is -2.19. The molecule has 0 bridgehead atoms. The first-order valence-corrected chi connectivity index (χ1v) is 6.98. The van der Waals surface area contributed by atoms with Gasteiger partial charge in [0, 0.05) is 5.57 Å². The van der Waals surface area contributed by atoms with E-state index in [4.69, 9.17) is 4.74 Å². The Kier molecular flexibility index (Phi) is 3.60. The van der Waals surface area contributed by atoms with Crippen LogP contribution in [0.15, 0.2) is 41.5 Å². The molecule has 0 atom stereocenters. The van der Waals surface area contributed by atoms with Crippen LogP contribution in [0.2, 0.25) is 0 Å². The smallest absolute Gasteiger partial charge is 0.337 e. The van der Waals surface area contributed by atoms with Gasteiger partial charge in [-0.1, -0.05) is 11.6 Å². The standard InChI is InChI=1S/C17H16O4/c1-20-17(19)12-6-7-14-15(9-12)21-10-13(16(14)18)8-11-4-2-3-5-11/h4,6-9H,2-3,5,10H2,1H3. The number of fused-ring (bicyclic) bond motifs is 1. The number of benzene rings is 1. The Labute approximate surface area is 123 Å². The number of ether oxygens (including phenoxy) is 2. The summed E-state index contributed by atoms with van der Waals surface area (Å²) >= 11 is 0. The molecule has 0 unspecified atom stereocenters. The van der Waals surface area contributed by atoms with Crippen molar-refractivity contribution >= 4 is 11.8 Å². The van der Waals surface area contributed by atoms with Crippen molar-refractivity contribution in [2.45, 2.75) is 19.3 Å². The highest BCUT2D eigenvalue weighted by atomic mass is 16.5. The summed E-state index contributed by atoms with van der Waals surface area (Å²) in [6, 6.07) is 4.77. The summed E-state index contributed by atoms with van der Waals surface area (Å²) < 4.78 is 10.3. The fraction of sp³-hybridized carbons (Fsp3) is 0.294. The van der Waals surface area contributed by atoms with Crippen LogP contribution >= 0.6 is 0 Å². The first kappa shape index (κ1) is 13.6. The summed E-state index contributed by atoms with van der Waals surface area (Å²) in [7, 11) is 1.32. The van der Waals surface area contributed by atoms with Gasteiger partial charge in [0.15, 0.2) is 5.78 Å². The Morgan fingerprint density at radius 3 is 2.95 bits per heavy atom. The van der Waals surface area contributed by atoms with Gasteiger partial charge in [-0.05, 0) is 43.5 Å². The van der Waals surface area contributed by atoms with Crippen LogP contribution in [0.1, 0.15) is 40.0 Å². The van der Waals surface area contributed by atoms with Crippen LogP contribution < -0.4 is 4.74 Å². The van der Waals surface area contributed by atoms with Gasteiger partial charge in [0.2, 0.25) is 0 Å². The molecule has 0 spiro atoms. The van der Waals surface area contributed by atoms with Crippen molar-refractivity contribution in [1.82, 2.24) is 0 Å². The zero-order valence-corrected chi connectivity index (χ0v) is 11.8. The number of carbonyl (C=O) groups is 2. The number of esters is 1. The number of allylic oxidation sites excluding steroid dienone is 3. The van der Waals surface area contributed by atoms with Crippen molar-refractivity contribution in [2.24, 2.45) is 0 Å². The fourth-order valence-electron chi connectivity index (χ4n) is 2.63. The van der Waals surface area contributed by atoms with Gasteiger partial charge in [-0.3, -0.25) is 4.79 Å². The molecule has 0 amide bonds.